The van der Waals surface area contributed by atoms with Crippen LogP contribution in [0.2, 0.25) is 0 Å². The molecule has 0 saturated carbocycles. The zero-order valence-corrected chi connectivity index (χ0v) is 10.9. The van der Waals surface area contributed by atoms with Crippen molar-refractivity contribution in [3.05, 3.63) is 17.0 Å². The molecule has 1 aliphatic rings. The number of amides is 1. The third kappa shape index (κ3) is 2.07. The summed E-state index contributed by atoms with van der Waals surface area (Å²) in [6.45, 7) is 9.62. The molecule has 1 aromatic rings. The maximum absolute atomic E-state index is 12.6. The summed E-state index contributed by atoms with van der Waals surface area (Å²) in [6, 6.07) is 0.444. The molecular weight excluding hydrogens is 216 g/mol. The number of nitrogens with zero attached hydrogens (tertiary/aromatic N) is 2. The number of H-pyrrole nitrogens is 1. The second-order valence-electron chi connectivity index (χ2n) is 4.88. The van der Waals surface area contributed by atoms with Crippen LogP contribution in [-0.4, -0.2) is 46.2 Å². The zero-order chi connectivity index (χ0) is 12.6. The third-order valence-electron chi connectivity index (χ3n) is 3.41. The van der Waals surface area contributed by atoms with E-state index in [1.165, 1.54) is 0 Å². The van der Waals surface area contributed by atoms with Crippen LogP contribution in [0.4, 0.5) is 0 Å². The van der Waals surface area contributed by atoms with Gasteiger partial charge in [-0.15, -0.1) is 0 Å². The lowest BCUT2D eigenvalue weighted by molar-refractivity contribution is 0.0543. The van der Waals surface area contributed by atoms with Crippen LogP contribution in [0.1, 0.15) is 35.6 Å². The van der Waals surface area contributed by atoms with Crippen molar-refractivity contribution in [1.29, 1.82) is 0 Å². The van der Waals surface area contributed by atoms with Crippen molar-refractivity contribution in [1.82, 2.24) is 20.4 Å². The highest BCUT2D eigenvalue weighted by molar-refractivity contribution is 5.96. The maximum Gasteiger partial charge on any atom is 0.258 e. The summed E-state index contributed by atoms with van der Waals surface area (Å²) >= 11 is 0. The smallest absolute Gasteiger partial charge is 0.258 e. The van der Waals surface area contributed by atoms with Gasteiger partial charge in [-0.3, -0.25) is 9.89 Å². The number of nitrogens with one attached hydrogen (secondary N) is 2. The van der Waals surface area contributed by atoms with Crippen LogP contribution in [-0.2, 0) is 0 Å². The van der Waals surface area contributed by atoms with Gasteiger partial charge in [-0.1, -0.05) is 0 Å². The summed E-state index contributed by atoms with van der Waals surface area (Å²) in [6.07, 6.45) is 0. The van der Waals surface area contributed by atoms with Crippen LogP contribution < -0.4 is 5.32 Å². The Hall–Kier alpha value is -1.36. The molecule has 1 fully saturated rings. The Bertz CT molecular complexity index is 397. The predicted molar refractivity (Wildman–Crippen MR) is 66.0 cm³/mol. The van der Waals surface area contributed by atoms with E-state index in [0.717, 1.165) is 30.0 Å². The Kier molecular flexibility index (Phi) is 3.19. The van der Waals surface area contributed by atoms with E-state index in [0.29, 0.717) is 0 Å². The van der Waals surface area contributed by atoms with Crippen LogP contribution in [0.3, 0.4) is 0 Å². The van der Waals surface area contributed by atoms with E-state index in [-0.39, 0.29) is 18.0 Å². The van der Waals surface area contributed by atoms with E-state index in [1.807, 2.05) is 18.7 Å². The maximum atomic E-state index is 12.6. The Morgan fingerprint density at radius 1 is 1.29 bits per heavy atom. The van der Waals surface area contributed by atoms with Gasteiger partial charge >= 0.3 is 0 Å². The number of aryl methyl sites for hydroxylation is 2. The number of carbonyl (C=O) groups excluding carboxylic acids is 1. The van der Waals surface area contributed by atoms with Crippen LogP contribution >= 0.6 is 0 Å². The monoisotopic (exact) mass is 236 g/mol. The summed E-state index contributed by atoms with van der Waals surface area (Å²) < 4.78 is 0. The number of hydrogen-bond donors (Lipinski definition) is 2. The topological polar surface area (TPSA) is 61.0 Å². The van der Waals surface area contributed by atoms with Crippen molar-refractivity contribution < 1.29 is 4.79 Å². The fourth-order valence-electron chi connectivity index (χ4n) is 2.53. The first-order valence-electron chi connectivity index (χ1n) is 6.07. The molecule has 2 atom stereocenters. The minimum absolute atomic E-state index is 0.0928. The quantitative estimate of drug-likeness (QED) is 0.760. The van der Waals surface area contributed by atoms with Gasteiger partial charge in [0.25, 0.3) is 5.91 Å². The molecule has 94 valence electrons. The molecule has 2 rings (SSSR count). The minimum Gasteiger partial charge on any atom is -0.331 e. The standard InChI is InChI=1S/C12H20N4O/c1-7-5-13-6-8(2)16(7)12(17)11-9(3)14-15-10(11)4/h7-8,13H,5-6H2,1-4H3,(H,14,15). The molecular formula is C12H20N4O. The minimum atomic E-state index is 0.0928. The number of carbonyl (C=O) groups is 1. The number of aromatic amines is 1. The number of hydrogen-bond acceptors (Lipinski definition) is 3. The van der Waals surface area contributed by atoms with Crippen LogP contribution in [0.15, 0.2) is 0 Å². The van der Waals surface area contributed by atoms with Crippen LogP contribution in [0.5, 0.6) is 0 Å². The van der Waals surface area contributed by atoms with Crippen molar-refractivity contribution in [2.24, 2.45) is 0 Å². The molecule has 5 heteroatoms. The van der Waals surface area contributed by atoms with Crippen molar-refractivity contribution in [2.75, 3.05) is 13.1 Å². The summed E-state index contributed by atoms with van der Waals surface area (Å²) in [5.41, 5.74) is 2.36. The fraction of sp³-hybridized carbons (Fsp3) is 0.667. The molecule has 1 aliphatic heterocycles. The SMILES string of the molecule is Cc1n[nH]c(C)c1C(=O)N1C(C)CNCC1C. The molecule has 1 saturated heterocycles. The average Bonchev–Trinajstić information content (AvgIpc) is 2.58. The van der Waals surface area contributed by atoms with Crippen molar-refractivity contribution in [3.8, 4) is 0 Å². The Morgan fingerprint density at radius 3 is 2.35 bits per heavy atom. The number of rotatable bonds is 1. The summed E-state index contributed by atoms with van der Waals surface area (Å²) in [7, 11) is 0. The highest BCUT2D eigenvalue weighted by atomic mass is 16.2. The summed E-state index contributed by atoms with van der Waals surface area (Å²) in [4.78, 5) is 14.5. The molecule has 1 aromatic heterocycles. The third-order valence-corrected chi connectivity index (χ3v) is 3.41. The van der Waals surface area contributed by atoms with E-state index in [9.17, 15) is 4.79 Å². The van der Waals surface area contributed by atoms with E-state index >= 15 is 0 Å². The van der Waals surface area contributed by atoms with Crippen LogP contribution in [0, 0.1) is 13.8 Å². The molecule has 2 unspecified atom stereocenters. The first-order chi connectivity index (χ1) is 8.02. The van der Waals surface area contributed by atoms with Crippen LogP contribution in [0.25, 0.3) is 0 Å². The molecule has 1 amide bonds. The van der Waals surface area contributed by atoms with Gasteiger partial charge in [-0.25, -0.2) is 0 Å². The molecule has 0 bridgehead atoms. The largest absolute Gasteiger partial charge is 0.331 e. The zero-order valence-electron chi connectivity index (χ0n) is 10.9. The normalized spacial score (nSPS) is 25.1. The number of piperazine rings is 1. The Labute approximate surface area is 102 Å². The highest BCUT2D eigenvalue weighted by Gasteiger charge is 2.31. The van der Waals surface area contributed by atoms with E-state index in [1.54, 1.807) is 0 Å². The molecule has 2 heterocycles. The lowest BCUT2D eigenvalue weighted by atomic mass is 10.1. The van der Waals surface area contributed by atoms with Gasteiger partial charge in [0.1, 0.15) is 0 Å². The lowest BCUT2D eigenvalue weighted by Crippen LogP contribution is -2.57. The van der Waals surface area contributed by atoms with E-state index in [2.05, 4.69) is 29.4 Å². The predicted octanol–water partition coefficient (Wildman–Crippen LogP) is 0.849. The van der Waals surface area contributed by atoms with Gasteiger partial charge in [0.05, 0.1) is 11.3 Å². The molecule has 0 aliphatic carbocycles. The van der Waals surface area contributed by atoms with Crippen molar-refractivity contribution >= 4 is 5.91 Å². The van der Waals surface area contributed by atoms with Gasteiger partial charge in [0.15, 0.2) is 0 Å². The van der Waals surface area contributed by atoms with Crippen molar-refractivity contribution in [3.63, 3.8) is 0 Å². The molecule has 17 heavy (non-hydrogen) atoms. The highest BCUT2D eigenvalue weighted by Crippen LogP contribution is 2.18. The Morgan fingerprint density at radius 2 is 1.88 bits per heavy atom. The van der Waals surface area contributed by atoms with E-state index < -0.39 is 0 Å². The van der Waals surface area contributed by atoms with E-state index in [4.69, 9.17) is 0 Å². The van der Waals surface area contributed by atoms with Gasteiger partial charge in [-0.2, -0.15) is 5.10 Å². The van der Waals surface area contributed by atoms with Gasteiger partial charge in [0, 0.05) is 30.9 Å². The second-order valence-corrected chi connectivity index (χ2v) is 4.88. The van der Waals surface area contributed by atoms with Crippen molar-refractivity contribution in [2.45, 2.75) is 39.8 Å². The summed E-state index contributed by atoms with van der Waals surface area (Å²) in [5, 5.41) is 10.3. The van der Waals surface area contributed by atoms with Gasteiger partial charge < -0.3 is 10.2 Å². The molecule has 0 radical (unpaired) electrons. The number of aromatic nitrogens is 2. The molecule has 0 spiro atoms. The first-order valence-corrected chi connectivity index (χ1v) is 6.07. The second kappa shape index (κ2) is 4.49. The molecule has 0 aromatic carbocycles. The lowest BCUT2D eigenvalue weighted by Gasteiger charge is -2.39. The first kappa shape index (κ1) is 12.1. The fourth-order valence-corrected chi connectivity index (χ4v) is 2.53. The average molecular weight is 236 g/mol. The van der Waals surface area contributed by atoms with Gasteiger partial charge in [-0.05, 0) is 27.7 Å². The molecule has 5 nitrogen and oxygen atoms in total. The van der Waals surface area contributed by atoms with Gasteiger partial charge in [0.2, 0.25) is 0 Å². The Balaban J connectivity index is 2.30. The summed E-state index contributed by atoms with van der Waals surface area (Å²) in [5.74, 6) is 0.0928. The molecule has 2 N–H and O–H groups in total.